The Morgan fingerprint density at radius 3 is 2.45 bits per heavy atom. The van der Waals surface area contributed by atoms with Crippen LogP contribution in [0.3, 0.4) is 0 Å². The quantitative estimate of drug-likeness (QED) is 0.712. The lowest BCUT2D eigenvalue weighted by atomic mass is 9.93. The molecule has 0 radical (unpaired) electrons. The Labute approximate surface area is 133 Å². The zero-order chi connectivity index (χ0) is 15.7. The summed E-state index contributed by atoms with van der Waals surface area (Å²) in [5, 5.41) is 0. The van der Waals surface area contributed by atoms with Gasteiger partial charge in [-0.05, 0) is 61.9 Å². The smallest absolute Gasteiger partial charge is 0.0730 e. The minimum Gasteiger partial charge on any atom is -0.371 e. The summed E-state index contributed by atoms with van der Waals surface area (Å²) in [5.74, 6) is 0. The number of hydrogen-bond acceptors (Lipinski definition) is 1. The van der Waals surface area contributed by atoms with Crippen LogP contribution < -0.4 is 0 Å². The number of rotatable bonds is 3. The van der Waals surface area contributed by atoms with Crippen molar-refractivity contribution >= 4 is 6.08 Å². The molecule has 114 valence electrons. The van der Waals surface area contributed by atoms with Crippen LogP contribution in [0.2, 0.25) is 0 Å². The van der Waals surface area contributed by atoms with Gasteiger partial charge >= 0.3 is 0 Å². The Morgan fingerprint density at radius 1 is 0.955 bits per heavy atom. The lowest BCUT2D eigenvalue weighted by Gasteiger charge is -2.21. The fourth-order valence-electron chi connectivity index (χ4n) is 2.99. The largest absolute Gasteiger partial charge is 0.371 e. The van der Waals surface area contributed by atoms with Crippen LogP contribution in [0.5, 0.6) is 0 Å². The van der Waals surface area contributed by atoms with E-state index >= 15 is 0 Å². The van der Waals surface area contributed by atoms with Crippen molar-refractivity contribution in [3.8, 4) is 11.1 Å². The molecule has 1 nitrogen and oxygen atoms in total. The lowest BCUT2D eigenvalue weighted by Crippen LogP contribution is -2.18. The first-order valence-corrected chi connectivity index (χ1v) is 7.95. The summed E-state index contributed by atoms with van der Waals surface area (Å²) in [4.78, 5) is 0. The van der Waals surface area contributed by atoms with Crippen LogP contribution in [0.4, 0.5) is 0 Å². The minimum absolute atomic E-state index is 0.121. The van der Waals surface area contributed by atoms with E-state index in [0.29, 0.717) is 6.61 Å². The van der Waals surface area contributed by atoms with Gasteiger partial charge in [0.05, 0.1) is 12.2 Å². The zero-order valence-electron chi connectivity index (χ0n) is 13.9. The van der Waals surface area contributed by atoms with Crippen molar-refractivity contribution in [3.63, 3.8) is 0 Å². The normalized spacial score (nSPS) is 13.9. The second kappa shape index (κ2) is 5.73. The van der Waals surface area contributed by atoms with Crippen LogP contribution in [-0.2, 0) is 17.8 Å². The summed E-state index contributed by atoms with van der Waals surface area (Å²) < 4.78 is 6.01. The van der Waals surface area contributed by atoms with E-state index in [1.165, 1.54) is 33.4 Å². The van der Waals surface area contributed by atoms with Crippen LogP contribution in [-0.4, -0.2) is 5.60 Å². The van der Waals surface area contributed by atoms with E-state index in [9.17, 15) is 0 Å². The molecule has 0 unspecified atom stereocenters. The van der Waals surface area contributed by atoms with Crippen LogP contribution in [0.25, 0.3) is 17.2 Å². The molecule has 0 N–H and O–H groups in total. The zero-order valence-corrected chi connectivity index (χ0v) is 13.9. The highest BCUT2D eigenvalue weighted by atomic mass is 16.5. The topological polar surface area (TPSA) is 9.23 Å². The van der Waals surface area contributed by atoms with Crippen LogP contribution in [0.15, 0.2) is 48.0 Å². The Hall–Kier alpha value is -1.86. The first-order chi connectivity index (χ1) is 10.4. The molecule has 0 atom stereocenters. The molecule has 0 amide bonds. The van der Waals surface area contributed by atoms with Gasteiger partial charge < -0.3 is 4.74 Å². The van der Waals surface area contributed by atoms with Crippen molar-refractivity contribution in [2.24, 2.45) is 0 Å². The second-order valence-electron chi connectivity index (χ2n) is 7.10. The highest BCUT2D eigenvalue weighted by molar-refractivity contribution is 5.78. The molecule has 2 aromatic rings. The fraction of sp³-hybridized carbons (Fsp3) is 0.333. The van der Waals surface area contributed by atoms with E-state index in [4.69, 9.17) is 4.74 Å². The molecular formula is C21H24O. The Morgan fingerprint density at radius 2 is 1.68 bits per heavy atom. The molecular weight excluding hydrogens is 268 g/mol. The molecule has 0 bridgehead atoms. The van der Waals surface area contributed by atoms with Crippen molar-refractivity contribution in [3.05, 3.63) is 64.7 Å². The summed E-state index contributed by atoms with van der Waals surface area (Å²) >= 11 is 0. The first kappa shape index (κ1) is 15.1. The number of ether oxygens (including phenoxy) is 1. The average Bonchev–Trinajstić information content (AvgIpc) is 2.84. The van der Waals surface area contributed by atoms with Gasteiger partial charge in [0, 0.05) is 0 Å². The third-order valence-corrected chi connectivity index (χ3v) is 4.04. The number of fused-ring (bicyclic) bond motifs is 1. The molecule has 0 spiro atoms. The Kier molecular flexibility index (Phi) is 3.92. The highest BCUT2D eigenvalue weighted by Gasteiger charge is 2.17. The molecule has 0 fully saturated rings. The van der Waals surface area contributed by atoms with E-state index in [1.54, 1.807) is 0 Å². The van der Waals surface area contributed by atoms with Crippen LogP contribution in [0, 0.1) is 0 Å². The molecule has 1 heteroatoms. The van der Waals surface area contributed by atoms with E-state index < -0.39 is 0 Å². The molecule has 0 aliphatic heterocycles. The Bertz CT molecular complexity index is 717. The van der Waals surface area contributed by atoms with Gasteiger partial charge in [-0.3, -0.25) is 0 Å². The summed E-state index contributed by atoms with van der Waals surface area (Å²) in [5.41, 5.74) is 8.03. The van der Waals surface area contributed by atoms with Gasteiger partial charge in [0.25, 0.3) is 0 Å². The Balaban J connectivity index is 1.99. The predicted octanol–water partition coefficient (Wildman–Crippen LogP) is 5.63. The standard InChI is InChI=1S/C21H24O/c1-15-12-16-9-7-11-19(20(16)13-15)18-10-6-5-8-17(18)14-22-21(2,3)4/h5-12H,13-14H2,1-4H3. The maximum Gasteiger partial charge on any atom is 0.0730 e. The molecule has 0 aromatic heterocycles. The van der Waals surface area contributed by atoms with Crippen LogP contribution >= 0.6 is 0 Å². The minimum atomic E-state index is -0.121. The molecule has 1 aliphatic rings. The first-order valence-electron chi connectivity index (χ1n) is 7.95. The van der Waals surface area contributed by atoms with E-state index in [2.05, 4.69) is 76.2 Å². The SMILES string of the molecule is CC1=Cc2cccc(-c3ccccc3COC(C)(C)C)c2C1. The molecule has 1 aliphatic carbocycles. The third kappa shape index (κ3) is 3.15. The maximum absolute atomic E-state index is 6.01. The summed E-state index contributed by atoms with van der Waals surface area (Å²) in [6, 6.07) is 15.2. The summed E-state index contributed by atoms with van der Waals surface area (Å²) in [7, 11) is 0. The third-order valence-electron chi connectivity index (χ3n) is 4.04. The van der Waals surface area contributed by atoms with E-state index in [-0.39, 0.29) is 5.60 Å². The average molecular weight is 292 g/mol. The van der Waals surface area contributed by atoms with Crippen LogP contribution in [0.1, 0.15) is 44.4 Å². The van der Waals surface area contributed by atoms with Crippen molar-refractivity contribution in [1.29, 1.82) is 0 Å². The van der Waals surface area contributed by atoms with Gasteiger partial charge in [0.15, 0.2) is 0 Å². The summed E-state index contributed by atoms with van der Waals surface area (Å²) in [6.45, 7) is 9.16. The monoisotopic (exact) mass is 292 g/mol. The van der Waals surface area contributed by atoms with Crippen molar-refractivity contribution in [1.82, 2.24) is 0 Å². The van der Waals surface area contributed by atoms with Gasteiger partial charge in [-0.15, -0.1) is 0 Å². The van der Waals surface area contributed by atoms with Crippen molar-refractivity contribution in [2.75, 3.05) is 0 Å². The number of benzene rings is 2. The lowest BCUT2D eigenvalue weighted by molar-refractivity contribution is -0.0147. The molecule has 0 saturated heterocycles. The van der Waals surface area contributed by atoms with Gasteiger partial charge in [-0.2, -0.15) is 0 Å². The summed E-state index contributed by atoms with van der Waals surface area (Å²) in [6.07, 6.45) is 3.35. The molecule has 3 rings (SSSR count). The predicted molar refractivity (Wildman–Crippen MR) is 93.8 cm³/mol. The fourth-order valence-corrected chi connectivity index (χ4v) is 2.99. The number of hydrogen-bond donors (Lipinski definition) is 0. The molecule has 0 heterocycles. The highest BCUT2D eigenvalue weighted by Crippen LogP contribution is 2.35. The number of allylic oxidation sites excluding steroid dienone is 1. The van der Waals surface area contributed by atoms with Crippen molar-refractivity contribution in [2.45, 2.75) is 46.3 Å². The van der Waals surface area contributed by atoms with E-state index in [1.807, 2.05) is 0 Å². The van der Waals surface area contributed by atoms with Gasteiger partial charge in [-0.25, -0.2) is 0 Å². The van der Waals surface area contributed by atoms with Crippen molar-refractivity contribution < 1.29 is 4.74 Å². The molecule has 0 saturated carbocycles. The molecule has 22 heavy (non-hydrogen) atoms. The second-order valence-corrected chi connectivity index (χ2v) is 7.10. The maximum atomic E-state index is 6.01. The van der Waals surface area contributed by atoms with Gasteiger partial charge in [-0.1, -0.05) is 54.1 Å². The molecule has 2 aromatic carbocycles. The van der Waals surface area contributed by atoms with Gasteiger partial charge in [0.2, 0.25) is 0 Å². The van der Waals surface area contributed by atoms with Gasteiger partial charge in [0.1, 0.15) is 0 Å². The van der Waals surface area contributed by atoms with E-state index in [0.717, 1.165) is 6.42 Å².